The molecule has 4 nitrogen and oxygen atoms in total. The first-order valence-electron chi connectivity index (χ1n) is 7.66. The molecule has 0 aromatic heterocycles. The van der Waals surface area contributed by atoms with Crippen molar-refractivity contribution in [3.8, 4) is 0 Å². The van der Waals surface area contributed by atoms with Gasteiger partial charge in [-0.2, -0.15) is 0 Å². The maximum atomic E-state index is 13.5. The Morgan fingerprint density at radius 2 is 1.57 bits per heavy atom. The van der Waals surface area contributed by atoms with Crippen LogP contribution in [0, 0.1) is 17.5 Å². The lowest BCUT2D eigenvalue weighted by Crippen LogP contribution is -2.41. The van der Waals surface area contributed by atoms with Crippen LogP contribution in [-0.2, 0) is 9.59 Å². The van der Waals surface area contributed by atoms with E-state index in [1.807, 2.05) is 19.2 Å². The lowest BCUT2D eigenvalue weighted by molar-refractivity contribution is -0.143. The number of unbranched alkanes of at least 4 members (excludes halogenated alkanes) is 2. The Morgan fingerprint density at radius 1 is 1.00 bits per heavy atom. The van der Waals surface area contributed by atoms with Crippen molar-refractivity contribution in [2.75, 3.05) is 18.4 Å². The molecule has 1 rings (SSSR count). The molecule has 1 aromatic rings. The zero-order valence-corrected chi connectivity index (χ0v) is 13.3. The monoisotopic (exact) mass is 330 g/mol. The van der Waals surface area contributed by atoms with Gasteiger partial charge in [-0.3, -0.25) is 9.59 Å². The van der Waals surface area contributed by atoms with Crippen molar-refractivity contribution in [1.82, 2.24) is 4.90 Å². The number of benzene rings is 1. The van der Waals surface area contributed by atoms with E-state index in [2.05, 4.69) is 0 Å². The van der Waals surface area contributed by atoms with E-state index in [0.29, 0.717) is 19.2 Å². The molecular formula is C16H21F3N2O2. The highest BCUT2D eigenvalue weighted by Crippen LogP contribution is 2.19. The number of hydrogen-bond donors (Lipinski definition) is 1. The summed E-state index contributed by atoms with van der Waals surface area (Å²) < 4.78 is 39.5. The number of amides is 2. The van der Waals surface area contributed by atoms with Gasteiger partial charge in [0.15, 0.2) is 17.5 Å². The van der Waals surface area contributed by atoms with Crippen LogP contribution in [-0.4, -0.2) is 29.8 Å². The van der Waals surface area contributed by atoms with E-state index in [1.54, 1.807) is 0 Å². The molecule has 23 heavy (non-hydrogen) atoms. The van der Waals surface area contributed by atoms with Gasteiger partial charge in [0.1, 0.15) is 0 Å². The van der Waals surface area contributed by atoms with Crippen molar-refractivity contribution < 1.29 is 22.8 Å². The van der Waals surface area contributed by atoms with E-state index >= 15 is 0 Å². The smallest absolute Gasteiger partial charge is 0.313 e. The second kappa shape index (κ2) is 9.17. The highest BCUT2D eigenvalue weighted by atomic mass is 19.2. The van der Waals surface area contributed by atoms with Gasteiger partial charge in [-0.05, 0) is 25.0 Å². The van der Waals surface area contributed by atoms with Gasteiger partial charge in [-0.15, -0.1) is 0 Å². The topological polar surface area (TPSA) is 49.4 Å². The third kappa shape index (κ3) is 5.26. The molecule has 0 fully saturated rings. The molecule has 0 bridgehead atoms. The second-order valence-corrected chi connectivity index (χ2v) is 5.18. The third-order valence-corrected chi connectivity index (χ3v) is 3.33. The van der Waals surface area contributed by atoms with Gasteiger partial charge in [0, 0.05) is 13.1 Å². The molecule has 0 heterocycles. The molecule has 0 radical (unpaired) electrons. The molecule has 0 aliphatic carbocycles. The molecule has 0 saturated carbocycles. The van der Waals surface area contributed by atoms with Crippen molar-refractivity contribution in [3.63, 3.8) is 0 Å². The number of hydrogen-bond acceptors (Lipinski definition) is 2. The van der Waals surface area contributed by atoms with Crippen molar-refractivity contribution in [2.45, 2.75) is 39.5 Å². The van der Waals surface area contributed by atoms with E-state index in [0.717, 1.165) is 31.7 Å². The highest BCUT2D eigenvalue weighted by Gasteiger charge is 2.23. The number of nitrogens with one attached hydrogen (secondary N) is 1. The fraction of sp³-hybridized carbons (Fsp3) is 0.500. The number of carbonyl (C=O) groups is 2. The number of nitrogens with zero attached hydrogens (tertiary/aromatic N) is 1. The minimum absolute atomic E-state index is 0.420. The molecule has 1 N–H and O–H groups in total. The second-order valence-electron chi connectivity index (χ2n) is 5.18. The van der Waals surface area contributed by atoms with Gasteiger partial charge in [0.25, 0.3) is 0 Å². The van der Waals surface area contributed by atoms with Crippen molar-refractivity contribution in [1.29, 1.82) is 0 Å². The van der Waals surface area contributed by atoms with Gasteiger partial charge in [-0.25, -0.2) is 13.2 Å². The van der Waals surface area contributed by atoms with E-state index in [-0.39, 0.29) is 0 Å². The minimum Gasteiger partial charge on any atom is -0.334 e. The van der Waals surface area contributed by atoms with Crippen LogP contribution in [0.15, 0.2) is 12.1 Å². The van der Waals surface area contributed by atoms with E-state index in [9.17, 15) is 22.8 Å². The van der Waals surface area contributed by atoms with E-state index in [4.69, 9.17) is 0 Å². The summed E-state index contributed by atoms with van der Waals surface area (Å²) in [6, 6.07) is 1.56. The van der Waals surface area contributed by atoms with Crippen LogP contribution in [0.3, 0.4) is 0 Å². The zero-order chi connectivity index (χ0) is 17.4. The quantitative estimate of drug-likeness (QED) is 0.615. The molecular weight excluding hydrogens is 309 g/mol. The first kappa shape index (κ1) is 19.0. The average Bonchev–Trinajstić information content (AvgIpc) is 2.55. The first-order chi connectivity index (χ1) is 10.9. The Labute approximate surface area is 133 Å². The lowest BCUT2D eigenvalue weighted by atomic mass is 10.2. The van der Waals surface area contributed by atoms with Crippen LogP contribution >= 0.6 is 0 Å². The fourth-order valence-electron chi connectivity index (χ4n) is 1.95. The van der Waals surface area contributed by atoms with Crippen LogP contribution in [0.5, 0.6) is 0 Å². The number of halogens is 3. The van der Waals surface area contributed by atoms with Crippen molar-refractivity contribution >= 4 is 17.5 Å². The zero-order valence-electron chi connectivity index (χ0n) is 13.3. The Kier molecular flexibility index (Phi) is 7.57. The molecule has 0 aliphatic heterocycles. The fourth-order valence-corrected chi connectivity index (χ4v) is 1.95. The minimum atomic E-state index is -1.69. The van der Waals surface area contributed by atoms with Crippen LogP contribution in [0.25, 0.3) is 0 Å². The predicted molar refractivity (Wildman–Crippen MR) is 81.3 cm³/mol. The summed E-state index contributed by atoms with van der Waals surface area (Å²) in [6.45, 7) is 4.75. The van der Waals surface area contributed by atoms with Crippen LogP contribution in [0.1, 0.15) is 39.5 Å². The maximum absolute atomic E-state index is 13.5. The summed E-state index contributed by atoms with van der Waals surface area (Å²) in [6.07, 6.45) is 3.19. The summed E-state index contributed by atoms with van der Waals surface area (Å²) in [4.78, 5) is 25.5. The Bertz CT molecular complexity index is 557. The third-order valence-electron chi connectivity index (χ3n) is 3.33. The van der Waals surface area contributed by atoms with E-state index in [1.165, 1.54) is 4.90 Å². The number of anilines is 1. The highest BCUT2D eigenvalue weighted by molar-refractivity contribution is 6.39. The lowest BCUT2D eigenvalue weighted by Gasteiger charge is -2.21. The predicted octanol–water partition coefficient (Wildman–Crippen LogP) is 3.47. The molecule has 7 heteroatoms. The summed E-state index contributed by atoms with van der Waals surface area (Å²) in [5.41, 5.74) is -0.562. The van der Waals surface area contributed by atoms with Crippen LogP contribution in [0.4, 0.5) is 18.9 Å². The Balaban J connectivity index is 2.81. The standard InChI is InChI=1S/C16H21F3N2O2/c1-3-5-9-21(10-6-4-2)16(23)15(22)20-12-8-7-11(17)13(18)14(12)19/h7-8H,3-6,9-10H2,1-2H3,(H,20,22). The van der Waals surface area contributed by atoms with Gasteiger partial charge in [0.2, 0.25) is 0 Å². The molecule has 2 amide bonds. The SMILES string of the molecule is CCCCN(CCCC)C(=O)C(=O)Nc1ccc(F)c(F)c1F. The summed E-state index contributed by atoms with van der Waals surface area (Å²) in [5, 5.41) is 2.00. The van der Waals surface area contributed by atoms with Gasteiger partial charge in [-0.1, -0.05) is 26.7 Å². The first-order valence-corrected chi connectivity index (χ1v) is 7.66. The van der Waals surface area contributed by atoms with Gasteiger partial charge in [0.05, 0.1) is 5.69 Å². The largest absolute Gasteiger partial charge is 0.334 e. The van der Waals surface area contributed by atoms with E-state index < -0.39 is 35.0 Å². The van der Waals surface area contributed by atoms with Crippen molar-refractivity contribution in [3.05, 3.63) is 29.6 Å². The Hall–Kier alpha value is -2.05. The normalized spacial score (nSPS) is 10.5. The van der Waals surface area contributed by atoms with Gasteiger partial charge >= 0.3 is 11.8 Å². The summed E-state index contributed by atoms with van der Waals surface area (Å²) in [5.74, 6) is -6.46. The summed E-state index contributed by atoms with van der Waals surface area (Å²) >= 11 is 0. The molecule has 1 aromatic carbocycles. The summed E-state index contributed by atoms with van der Waals surface area (Å²) in [7, 11) is 0. The van der Waals surface area contributed by atoms with Crippen molar-refractivity contribution in [2.24, 2.45) is 0 Å². The molecule has 0 aliphatic rings. The molecule has 0 atom stereocenters. The van der Waals surface area contributed by atoms with Crippen LogP contribution < -0.4 is 5.32 Å². The molecule has 0 unspecified atom stereocenters. The number of carbonyl (C=O) groups excluding carboxylic acids is 2. The van der Waals surface area contributed by atoms with Crippen LogP contribution in [0.2, 0.25) is 0 Å². The molecule has 0 saturated heterocycles. The Morgan fingerprint density at radius 3 is 2.09 bits per heavy atom. The molecule has 128 valence electrons. The molecule has 0 spiro atoms. The average molecular weight is 330 g/mol. The maximum Gasteiger partial charge on any atom is 0.313 e. The van der Waals surface area contributed by atoms with Gasteiger partial charge < -0.3 is 10.2 Å². The number of rotatable bonds is 7.